The van der Waals surface area contributed by atoms with Gasteiger partial charge in [0, 0.05) is 56.2 Å². The molecule has 8 heteroatoms. The van der Waals surface area contributed by atoms with Crippen LogP contribution in [0.1, 0.15) is 44.9 Å². The van der Waals surface area contributed by atoms with Crippen molar-refractivity contribution in [1.82, 2.24) is 20.1 Å². The largest absolute Gasteiger partial charge is 0.508 e. The molecular formula is C28H35N5O3. The second-order valence-corrected chi connectivity index (χ2v) is 9.83. The molecule has 3 aromatic rings. The maximum Gasteiger partial charge on any atom is 0.267 e. The van der Waals surface area contributed by atoms with Crippen molar-refractivity contribution in [2.75, 3.05) is 39.1 Å². The zero-order valence-corrected chi connectivity index (χ0v) is 21.8. The summed E-state index contributed by atoms with van der Waals surface area (Å²) in [6, 6.07) is 13.2. The van der Waals surface area contributed by atoms with E-state index in [1.54, 1.807) is 36.9 Å². The van der Waals surface area contributed by atoms with E-state index in [2.05, 4.69) is 40.6 Å². The van der Waals surface area contributed by atoms with Crippen molar-refractivity contribution >= 4 is 17.5 Å². The number of likely N-dealkylation sites (N-methyl/N-ethyl adjacent to an activating group) is 1. The van der Waals surface area contributed by atoms with Crippen molar-refractivity contribution in [3.8, 4) is 16.9 Å². The summed E-state index contributed by atoms with van der Waals surface area (Å²) in [6.07, 6.45) is 1.85. The zero-order chi connectivity index (χ0) is 26.1. The van der Waals surface area contributed by atoms with Crippen molar-refractivity contribution in [2.45, 2.75) is 25.9 Å². The molecule has 0 radical (unpaired) electrons. The quantitative estimate of drug-likeness (QED) is 0.474. The SMILES string of the molecule is CNC(=O)c1cc(-c2cc(O)cc([C@@H](C)NC(=O)c3cc(N4CC(N(C)C)C4)ccc3C)c2)cn1C. The summed E-state index contributed by atoms with van der Waals surface area (Å²) < 4.78 is 1.75. The summed E-state index contributed by atoms with van der Waals surface area (Å²) in [5.41, 5.74) is 5.47. The van der Waals surface area contributed by atoms with Gasteiger partial charge in [-0.1, -0.05) is 6.07 Å². The van der Waals surface area contributed by atoms with Gasteiger partial charge in [-0.3, -0.25) is 9.59 Å². The number of nitrogens with one attached hydrogen (secondary N) is 2. The number of benzene rings is 2. The van der Waals surface area contributed by atoms with Crippen LogP contribution in [0.4, 0.5) is 5.69 Å². The van der Waals surface area contributed by atoms with E-state index < -0.39 is 0 Å². The number of nitrogens with zero attached hydrogens (tertiary/aromatic N) is 3. The van der Waals surface area contributed by atoms with Crippen LogP contribution >= 0.6 is 0 Å². The van der Waals surface area contributed by atoms with E-state index >= 15 is 0 Å². The first kappa shape index (κ1) is 25.3. The van der Waals surface area contributed by atoms with Crippen LogP contribution in [0.25, 0.3) is 11.1 Å². The summed E-state index contributed by atoms with van der Waals surface area (Å²) in [5, 5.41) is 16.1. The predicted octanol–water partition coefficient (Wildman–Crippen LogP) is 3.31. The lowest BCUT2D eigenvalue weighted by atomic mass is 9.99. The number of anilines is 1. The lowest BCUT2D eigenvalue weighted by molar-refractivity contribution is 0.0935. The molecule has 0 bridgehead atoms. The van der Waals surface area contributed by atoms with E-state index in [-0.39, 0.29) is 23.6 Å². The van der Waals surface area contributed by atoms with Gasteiger partial charge >= 0.3 is 0 Å². The molecule has 0 saturated carbocycles. The number of hydrogen-bond donors (Lipinski definition) is 3. The van der Waals surface area contributed by atoms with E-state index in [4.69, 9.17) is 0 Å². The molecule has 0 spiro atoms. The maximum absolute atomic E-state index is 13.3. The zero-order valence-electron chi connectivity index (χ0n) is 21.8. The first-order chi connectivity index (χ1) is 17.1. The van der Waals surface area contributed by atoms with Gasteiger partial charge in [0.2, 0.25) is 0 Å². The fourth-order valence-electron chi connectivity index (χ4n) is 4.53. The van der Waals surface area contributed by atoms with Gasteiger partial charge in [0.05, 0.1) is 6.04 Å². The highest BCUT2D eigenvalue weighted by Gasteiger charge is 2.29. The third-order valence-corrected chi connectivity index (χ3v) is 7.01. The van der Waals surface area contributed by atoms with Crippen molar-refractivity contribution in [3.05, 3.63) is 71.0 Å². The molecule has 1 atom stereocenters. The summed E-state index contributed by atoms with van der Waals surface area (Å²) in [4.78, 5) is 29.9. The Morgan fingerprint density at radius 2 is 1.78 bits per heavy atom. The van der Waals surface area contributed by atoms with Crippen LogP contribution in [0.2, 0.25) is 0 Å². The number of hydrogen-bond acceptors (Lipinski definition) is 5. The molecule has 2 heterocycles. The van der Waals surface area contributed by atoms with Crippen molar-refractivity contribution in [3.63, 3.8) is 0 Å². The number of amides is 2. The fraction of sp³-hybridized carbons (Fsp3) is 0.357. The van der Waals surface area contributed by atoms with E-state index in [9.17, 15) is 14.7 Å². The van der Waals surface area contributed by atoms with Crippen LogP contribution in [0.3, 0.4) is 0 Å². The minimum absolute atomic E-state index is 0.0975. The van der Waals surface area contributed by atoms with Crippen molar-refractivity contribution in [1.29, 1.82) is 0 Å². The Bertz CT molecular complexity index is 1290. The summed E-state index contributed by atoms with van der Waals surface area (Å²) in [6.45, 7) is 5.73. The third-order valence-electron chi connectivity index (χ3n) is 7.01. The smallest absolute Gasteiger partial charge is 0.267 e. The standard InChI is InChI=1S/C28H35N5O3/c1-17-7-8-22(33-15-23(16-33)31(4)5)13-25(17)27(35)30-18(2)19-9-20(11-24(34)10-19)21-12-26(28(36)29-3)32(6)14-21/h7-14,18,23,34H,15-16H2,1-6H3,(H,29,36)(H,30,35)/t18-/m1/s1. The monoisotopic (exact) mass is 489 g/mol. The minimum atomic E-state index is -0.337. The first-order valence-corrected chi connectivity index (χ1v) is 12.1. The van der Waals surface area contributed by atoms with E-state index in [0.717, 1.165) is 41.0 Å². The van der Waals surface area contributed by atoms with Crippen LogP contribution in [-0.2, 0) is 7.05 Å². The lowest BCUT2D eigenvalue weighted by Crippen LogP contribution is -2.57. The average molecular weight is 490 g/mol. The molecule has 2 amide bonds. The molecule has 1 aliphatic rings. The van der Waals surface area contributed by atoms with Crippen LogP contribution in [0, 0.1) is 6.92 Å². The predicted molar refractivity (Wildman–Crippen MR) is 143 cm³/mol. The minimum Gasteiger partial charge on any atom is -0.508 e. The Hall–Kier alpha value is -3.78. The van der Waals surface area contributed by atoms with Crippen LogP contribution < -0.4 is 15.5 Å². The van der Waals surface area contributed by atoms with Crippen LogP contribution in [-0.4, -0.2) is 66.7 Å². The van der Waals surface area contributed by atoms with E-state index in [1.807, 2.05) is 38.2 Å². The Morgan fingerprint density at radius 1 is 1.06 bits per heavy atom. The highest BCUT2D eigenvalue weighted by atomic mass is 16.3. The fourth-order valence-corrected chi connectivity index (χ4v) is 4.53. The lowest BCUT2D eigenvalue weighted by Gasteiger charge is -2.44. The maximum atomic E-state index is 13.3. The van der Waals surface area contributed by atoms with Gasteiger partial charge < -0.3 is 30.1 Å². The number of carbonyl (C=O) groups excluding carboxylic acids is 2. The number of phenolic OH excluding ortho intramolecular Hbond substituents is 1. The molecule has 4 rings (SSSR count). The van der Waals surface area contributed by atoms with Gasteiger partial charge in [0.15, 0.2) is 0 Å². The number of phenols is 1. The number of aromatic hydroxyl groups is 1. The second-order valence-electron chi connectivity index (χ2n) is 9.83. The Morgan fingerprint density at radius 3 is 2.44 bits per heavy atom. The molecule has 1 saturated heterocycles. The first-order valence-electron chi connectivity index (χ1n) is 12.1. The Balaban J connectivity index is 1.53. The molecule has 8 nitrogen and oxygen atoms in total. The number of aromatic nitrogens is 1. The summed E-state index contributed by atoms with van der Waals surface area (Å²) in [7, 11) is 7.57. The Labute approximate surface area is 212 Å². The van der Waals surface area contributed by atoms with Crippen LogP contribution in [0.5, 0.6) is 5.75 Å². The summed E-state index contributed by atoms with van der Waals surface area (Å²) in [5.74, 6) is -0.240. The molecule has 36 heavy (non-hydrogen) atoms. The molecule has 2 aromatic carbocycles. The molecular weight excluding hydrogens is 454 g/mol. The molecule has 190 valence electrons. The van der Waals surface area contributed by atoms with Gasteiger partial charge in [-0.25, -0.2) is 0 Å². The molecule has 0 unspecified atom stereocenters. The molecule has 0 aliphatic carbocycles. The average Bonchev–Trinajstić information content (AvgIpc) is 3.19. The van der Waals surface area contributed by atoms with Crippen molar-refractivity contribution in [2.24, 2.45) is 7.05 Å². The summed E-state index contributed by atoms with van der Waals surface area (Å²) >= 11 is 0. The van der Waals surface area contributed by atoms with Crippen LogP contribution in [0.15, 0.2) is 48.7 Å². The van der Waals surface area contributed by atoms with Gasteiger partial charge in [-0.05, 0) is 81.0 Å². The van der Waals surface area contributed by atoms with E-state index in [1.165, 1.54) is 0 Å². The normalized spacial score (nSPS) is 14.5. The van der Waals surface area contributed by atoms with Crippen molar-refractivity contribution < 1.29 is 14.7 Å². The molecule has 1 aromatic heterocycles. The van der Waals surface area contributed by atoms with Gasteiger partial charge in [0.25, 0.3) is 11.8 Å². The van der Waals surface area contributed by atoms with Gasteiger partial charge in [-0.2, -0.15) is 0 Å². The highest BCUT2D eigenvalue weighted by molar-refractivity contribution is 5.97. The highest BCUT2D eigenvalue weighted by Crippen LogP contribution is 2.30. The third kappa shape index (κ3) is 5.09. The Kier molecular flexibility index (Phi) is 7.08. The number of carbonyl (C=O) groups is 2. The topological polar surface area (TPSA) is 89.8 Å². The second kappa shape index (κ2) is 10.1. The molecule has 3 N–H and O–H groups in total. The molecule has 1 aliphatic heterocycles. The van der Waals surface area contributed by atoms with E-state index in [0.29, 0.717) is 17.3 Å². The van der Waals surface area contributed by atoms with Gasteiger partial charge in [-0.15, -0.1) is 0 Å². The number of aryl methyl sites for hydroxylation is 2. The number of rotatable bonds is 7. The molecule has 1 fully saturated rings. The van der Waals surface area contributed by atoms with Gasteiger partial charge in [0.1, 0.15) is 11.4 Å².